The molecule has 4 aromatic rings. The van der Waals surface area contributed by atoms with Gasteiger partial charge in [-0.05, 0) is 31.2 Å². The van der Waals surface area contributed by atoms with E-state index in [4.69, 9.17) is 5.73 Å². The van der Waals surface area contributed by atoms with E-state index < -0.39 is 35.3 Å². The predicted molar refractivity (Wildman–Crippen MR) is 133 cm³/mol. The van der Waals surface area contributed by atoms with Gasteiger partial charge in [0.15, 0.2) is 5.69 Å². The van der Waals surface area contributed by atoms with Crippen LogP contribution in [0.1, 0.15) is 34.1 Å². The van der Waals surface area contributed by atoms with Crippen molar-refractivity contribution in [2.24, 2.45) is 5.73 Å². The number of benzene rings is 1. The van der Waals surface area contributed by atoms with Crippen molar-refractivity contribution >= 4 is 0 Å². The van der Waals surface area contributed by atoms with Gasteiger partial charge in [0.25, 0.3) is 0 Å². The first kappa shape index (κ1) is 32.3. The second-order valence-corrected chi connectivity index (χ2v) is 8.43. The van der Waals surface area contributed by atoms with Crippen molar-refractivity contribution < 1.29 is 48.5 Å². The van der Waals surface area contributed by atoms with Crippen LogP contribution < -0.4 is 11.1 Å². The molecule has 0 fully saturated rings. The van der Waals surface area contributed by atoms with E-state index in [9.17, 15) is 31.4 Å². The summed E-state index contributed by atoms with van der Waals surface area (Å²) in [5, 5.41) is 13.7. The Morgan fingerprint density at radius 1 is 0.897 bits per heavy atom. The van der Waals surface area contributed by atoms with Gasteiger partial charge in [-0.1, -0.05) is 18.2 Å². The number of aliphatic hydroxyl groups excluding tert-OH is 1. The minimum absolute atomic E-state index is 0. The molecule has 11 heteroatoms. The fraction of sp³-hybridized carbons (Fsp3) is 0.250. The number of pyridine rings is 1. The molecule has 0 bridgehead atoms. The van der Waals surface area contributed by atoms with E-state index in [0.29, 0.717) is 25.2 Å². The predicted octanol–water partition coefficient (Wildman–Crippen LogP) is 6.23. The third kappa shape index (κ3) is 9.33. The van der Waals surface area contributed by atoms with Gasteiger partial charge in [0.05, 0.1) is 17.4 Å². The van der Waals surface area contributed by atoms with Crippen LogP contribution in [0.4, 0.5) is 26.3 Å². The molecular weight excluding hydrogens is 564 g/mol. The second kappa shape index (κ2) is 14.4. The average Bonchev–Trinajstić information content (AvgIpc) is 3.59. The Morgan fingerprint density at radius 3 is 2.10 bits per heavy atom. The molecule has 0 saturated heterocycles. The summed E-state index contributed by atoms with van der Waals surface area (Å²) in [5.41, 5.74) is 4.32. The number of aromatic nitrogens is 1. The van der Waals surface area contributed by atoms with Crippen molar-refractivity contribution in [1.82, 2.24) is 10.3 Å². The number of hydrogen-bond acceptors (Lipinski definition) is 4. The number of nitrogens with one attached hydrogen (secondary N) is 1. The zero-order chi connectivity index (χ0) is 27.8. The van der Waals surface area contributed by atoms with E-state index in [0.717, 1.165) is 35.9 Å². The molecule has 1 atom stereocenters. The molecule has 0 aliphatic rings. The Kier molecular flexibility index (Phi) is 11.9. The molecule has 0 aliphatic heterocycles. The van der Waals surface area contributed by atoms with Crippen LogP contribution in [0.2, 0.25) is 0 Å². The van der Waals surface area contributed by atoms with Crippen molar-refractivity contribution in [2.75, 3.05) is 13.1 Å². The van der Waals surface area contributed by atoms with Crippen LogP contribution in [0.25, 0.3) is 11.3 Å². The first-order chi connectivity index (χ1) is 18.0. The minimum atomic E-state index is -4.87. The molecule has 0 amide bonds. The van der Waals surface area contributed by atoms with Crippen molar-refractivity contribution in [3.8, 4) is 11.3 Å². The number of alkyl halides is 6. The average molecular weight is 591 g/mol. The number of nitrogens with two attached hydrogens (primary N) is 1. The van der Waals surface area contributed by atoms with Gasteiger partial charge >= 0.3 is 29.4 Å². The standard InChI is InChI=1S/C23H22F6N3O.C5H5.Fe/c24-22(25,26)17-6-4-14(5-7-17)19-9-8-18(21(32-19)23(27,28)29)20(33)12-15-2-1-3-16(15)13-31-11-10-30;1-2-4-5-3-1;/h1-9,20,31,33H,10-13,30H2;1-5H;/q2*-1;+2/t20-;;/m0../s1. The zero-order valence-electron chi connectivity index (χ0n) is 20.6. The molecule has 210 valence electrons. The zero-order valence-corrected chi connectivity index (χ0v) is 21.7. The number of aliphatic hydroxyl groups is 1. The molecule has 1 aromatic heterocycles. The Morgan fingerprint density at radius 2 is 1.56 bits per heavy atom. The fourth-order valence-electron chi connectivity index (χ4n) is 3.79. The smallest absolute Gasteiger partial charge is 0.388 e. The molecular formula is C28H27F6FeN3O. The van der Waals surface area contributed by atoms with Crippen molar-refractivity contribution in [1.29, 1.82) is 0 Å². The van der Waals surface area contributed by atoms with E-state index >= 15 is 0 Å². The summed E-state index contributed by atoms with van der Waals surface area (Å²) in [4.78, 5) is 3.65. The molecule has 1 heterocycles. The molecule has 39 heavy (non-hydrogen) atoms. The molecule has 4 rings (SSSR count). The van der Waals surface area contributed by atoms with E-state index in [-0.39, 0.29) is 34.7 Å². The van der Waals surface area contributed by atoms with Gasteiger partial charge in [-0.2, -0.15) is 67.8 Å². The summed E-state index contributed by atoms with van der Waals surface area (Å²) in [6.07, 6.45) is -11.0. The number of nitrogens with zero attached hydrogens (tertiary/aromatic N) is 1. The number of hydrogen-bond donors (Lipinski definition) is 3. The Hall–Kier alpha value is -2.95. The van der Waals surface area contributed by atoms with Crippen LogP contribution in [0.3, 0.4) is 0 Å². The first-order valence-electron chi connectivity index (χ1n) is 11.8. The summed E-state index contributed by atoms with van der Waals surface area (Å²) in [6, 6.07) is 21.3. The van der Waals surface area contributed by atoms with Crippen LogP contribution in [-0.2, 0) is 42.4 Å². The molecule has 3 aromatic carbocycles. The van der Waals surface area contributed by atoms with E-state index in [1.807, 2.05) is 36.4 Å². The summed E-state index contributed by atoms with van der Waals surface area (Å²) in [6.45, 7) is 1.47. The molecule has 0 aliphatic carbocycles. The summed E-state index contributed by atoms with van der Waals surface area (Å²) >= 11 is 0. The normalized spacial score (nSPS) is 12.3. The van der Waals surface area contributed by atoms with Crippen LogP contribution >= 0.6 is 0 Å². The Labute approximate surface area is 233 Å². The van der Waals surface area contributed by atoms with E-state index in [1.165, 1.54) is 6.07 Å². The third-order valence-electron chi connectivity index (χ3n) is 5.67. The SMILES string of the molecule is NCCNCc1cc[cH-]c1C[C@H](O)c1ccc(-c2ccc(C(F)(F)F)cc2)nc1C(F)(F)F.[Fe+2].c1cc[cH-]c1. The maximum Gasteiger partial charge on any atom is 2.00 e. The fourth-order valence-corrected chi connectivity index (χ4v) is 3.79. The van der Waals surface area contributed by atoms with Gasteiger partial charge < -0.3 is 16.2 Å². The minimum Gasteiger partial charge on any atom is -0.388 e. The van der Waals surface area contributed by atoms with Gasteiger partial charge in [-0.15, -0.1) is 0 Å². The summed E-state index contributed by atoms with van der Waals surface area (Å²) in [5.74, 6) is 0. The molecule has 0 saturated carbocycles. The maximum absolute atomic E-state index is 13.7. The largest absolute Gasteiger partial charge is 2.00 e. The Balaban J connectivity index is 0.000000797. The van der Waals surface area contributed by atoms with Gasteiger partial charge in [0, 0.05) is 24.2 Å². The molecule has 4 nitrogen and oxygen atoms in total. The van der Waals surface area contributed by atoms with Crippen LogP contribution in [0, 0.1) is 0 Å². The summed E-state index contributed by atoms with van der Waals surface area (Å²) < 4.78 is 79.5. The summed E-state index contributed by atoms with van der Waals surface area (Å²) in [7, 11) is 0. The monoisotopic (exact) mass is 591 g/mol. The van der Waals surface area contributed by atoms with E-state index in [2.05, 4.69) is 10.3 Å². The van der Waals surface area contributed by atoms with Gasteiger partial charge in [0.1, 0.15) is 0 Å². The first-order valence-corrected chi connectivity index (χ1v) is 11.8. The van der Waals surface area contributed by atoms with Gasteiger partial charge in [0.2, 0.25) is 0 Å². The molecule has 0 radical (unpaired) electrons. The second-order valence-electron chi connectivity index (χ2n) is 8.43. The molecule has 0 unspecified atom stereocenters. The number of halogens is 6. The topological polar surface area (TPSA) is 71.2 Å². The maximum atomic E-state index is 13.7. The van der Waals surface area contributed by atoms with Crippen molar-refractivity contribution in [3.05, 3.63) is 113 Å². The van der Waals surface area contributed by atoms with Crippen LogP contribution in [0.5, 0.6) is 0 Å². The van der Waals surface area contributed by atoms with Crippen molar-refractivity contribution in [2.45, 2.75) is 31.4 Å². The molecule has 4 N–H and O–H groups in total. The van der Waals surface area contributed by atoms with Gasteiger partial charge in [-0.25, -0.2) is 23.2 Å². The van der Waals surface area contributed by atoms with Crippen LogP contribution in [-0.4, -0.2) is 23.2 Å². The van der Waals surface area contributed by atoms with Crippen LogP contribution in [0.15, 0.2) is 84.9 Å². The molecule has 0 spiro atoms. The van der Waals surface area contributed by atoms with Gasteiger partial charge in [-0.3, -0.25) is 0 Å². The quantitative estimate of drug-likeness (QED) is 0.0984. The Bertz CT molecular complexity index is 1230. The van der Waals surface area contributed by atoms with Crippen molar-refractivity contribution in [3.63, 3.8) is 0 Å². The number of rotatable bonds is 8. The third-order valence-corrected chi connectivity index (χ3v) is 5.67. The van der Waals surface area contributed by atoms with E-state index in [1.54, 1.807) is 12.1 Å².